The topological polar surface area (TPSA) is 85.3 Å². The van der Waals surface area contributed by atoms with E-state index in [1.807, 2.05) is 41.3 Å². The van der Waals surface area contributed by atoms with Crippen LogP contribution in [0.2, 0.25) is 5.02 Å². The molecule has 2 aromatic carbocycles. The summed E-state index contributed by atoms with van der Waals surface area (Å²) in [6.45, 7) is 1.76. The van der Waals surface area contributed by atoms with Gasteiger partial charge in [-0.2, -0.15) is 4.98 Å². The van der Waals surface area contributed by atoms with Crippen molar-refractivity contribution in [2.75, 3.05) is 13.1 Å². The molecule has 1 amide bonds. The largest absolute Gasteiger partial charge is 0.339 e. The quantitative estimate of drug-likeness (QED) is 0.723. The summed E-state index contributed by atoms with van der Waals surface area (Å²) in [7, 11) is 0. The molecule has 1 unspecified atom stereocenters. The lowest BCUT2D eigenvalue weighted by Gasteiger charge is -2.31. The molecule has 0 radical (unpaired) electrons. The van der Waals surface area contributed by atoms with Crippen LogP contribution >= 0.6 is 11.6 Å². The number of carbonyl (C=O) groups is 1. The van der Waals surface area contributed by atoms with Gasteiger partial charge in [-0.25, -0.2) is 0 Å². The third-order valence-corrected chi connectivity index (χ3v) is 5.29. The number of nitrogens with two attached hydrogens (primary N) is 1. The molecule has 6 nitrogen and oxygen atoms in total. The minimum Gasteiger partial charge on any atom is -0.339 e. The van der Waals surface area contributed by atoms with Crippen LogP contribution < -0.4 is 5.73 Å². The third-order valence-electron chi connectivity index (χ3n) is 5.04. The van der Waals surface area contributed by atoms with Crippen LogP contribution in [0.25, 0.3) is 11.4 Å². The first-order valence-electron chi connectivity index (χ1n) is 9.32. The SMILES string of the molecule is NCc1ccc(C(=O)N2CCCC(c3nc(-c4ccc(Cl)cc4)no3)C2)cc1. The van der Waals surface area contributed by atoms with Crippen molar-refractivity contribution in [1.82, 2.24) is 15.0 Å². The van der Waals surface area contributed by atoms with Crippen molar-refractivity contribution in [3.63, 3.8) is 0 Å². The van der Waals surface area contributed by atoms with E-state index in [4.69, 9.17) is 21.9 Å². The number of likely N-dealkylation sites (tertiary alicyclic amines) is 1. The summed E-state index contributed by atoms with van der Waals surface area (Å²) in [6.07, 6.45) is 1.81. The van der Waals surface area contributed by atoms with Crippen molar-refractivity contribution < 1.29 is 9.32 Å². The molecule has 1 fully saturated rings. The molecule has 0 saturated carbocycles. The number of piperidine rings is 1. The lowest BCUT2D eigenvalue weighted by atomic mass is 9.97. The van der Waals surface area contributed by atoms with Crippen LogP contribution in [-0.4, -0.2) is 34.0 Å². The summed E-state index contributed by atoms with van der Waals surface area (Å²) >= 11 is 5.93. The Morgan fingerprint density at radius 1 is 1.18 bits per heavy atom. The molecule has 0 spiro atoms. The Hall–Kier alpha value is -2.70. The van der Waals surface area contributed by atoms with Gasteiger partial charge in [0.2, 0.25) is 11.7 Å². The molecule has 0 aliphatic carbocycles. The number of hydrogen-bond acceptors (Lipinski definition) is 5. The van der Waals surface area contributed by atoms with E-state index < -0.39 is 0 Å². The van der Waals surface area contributed by atoms with Gasteiger partial charge in [0.25, 0.3) is 5.91 Å². The van der Waals surface area contributed by atoms with Crippen LogP contribution in [-0.2, 0) is 6.54 Å². The summed E-state index contributed by atoms with van der Waals surface area (Å²) in [5.41, 5.74) is 8.16. The molecule has 7 heteroatoms. The van der Waals surface area contributed by atoms with E-state index in [2.05, 4.69) is 10.1 Å². The fourth-order valence-electron chi connectivity index (χ4n) is 3.45. The maximum Gasteiger partial charge on any atom is 0.253 e. The van der Waals surface area contributed by atoms with Crippen LogP contribution in [0.4, 0.5) is 0 Å². The average molecular weight is 397 g/mol. The molecular formula is C21H21ClN4O2. The van der Waals surface area contributed by atoms with Crippen LogP contribution in [0, 0.1) is 0 Å². The van der Waals surface area contributed by atoms with E-state index in [9.17, 15) is 4.79 Å². The molecule has 1 aromatic heterocycles. The Morgan fingerprint density at radius 3 is 2.64 bits per heavy atom. The lowest BCUT2D eigenvalue weighted by molar-refractivity contribution is 0.0695. The lowest BCUT2D eigenvalue weighted by Crippen LogP contribution is -2.39. The minimum absolute atomic E-state index is 0.0192. The van der Waals surface area contributed by atoms with E-state index >= 15 is 0 Å². The summed E-state index contributed by atoms with van der Waals surface area (Å²) < 4.78 is 5.51. The maximum atomic E-state index is 12.9. The Morgan fingerprint density at radius 2 is 1.93 bits per heavy atom. The Labute approximate surface area is 168 Å². The first-order chi connectivity index (χ1) is 13.6. The summed E-state index contributed by atoms with van der Waals surface area (Å²) in [5, 5.41) is 4.75. The summed E-state index contributed by atoms with van der Waals surface area (Å²) in [4.78, 5) is 19.3. The molecule has 1 aliphatic heterocycles. The number of hydrogen-bond donors (Lipinski definition) is 1. The molecule has 4 rings (SSSR count). The zero-order valence-electron chi connectivity index (χ0n) is 15.3. The Balaban J connectivity index is 1.47. The van der Waals surface area contributed by atoms with Gasteiger partial charge in [0.05, 0.1) is 5.92 Å². The second-order valence-electron chi connectivity index (χ2n) is 6.95. The fraction of sp³-hybridized carbons (Fsp3) is 0.286. The molecule has 1 atom stereocenters. The van der Waals surface area contributed by atoms with Crippen molar-refractivity contribution in [2.24, 2.45) is 5.73 Å². The minimum atomic E-state index is 0.0192. The number of amides is 1. The summed E-state index contributed by atoms with van der Waals surface area (Å²) in [6, 6.07) is 14.8. The van der Waals surface area contributed by atoms with Crippen molar-refractivity contribution in [2.45, 2.75) is 25.3 Å². The number of halogens is 1. The van der Waals surface area contributed by atoms with E-state index in [1.54, 1.807) is 12.1 Å². The Kier molecular flexibility index (Phi) is 5.41. The number of benzene rings is 2. The highest BCUT2D eigenvalue weighted by molar-refractivity contribution is 6.30. The molecule has 1 saturated heterocycles. The van der Waals surface area contributed by atoms with Gasteiger partial charge in [-0.05, 0) is 54.8 Å². The standard InChI is InChI=1S/C21H21ClN4O2/c22-18-9-7-15(8-10-18)19-24-20(28-25-19)17-2-1-11-26(13-17)21(27)16-5-3-14(12-23)4-6-16/h3-10,17H,1-2,11-13,23H2. The van der Waals surface area contributed by atoms with Crippen LogP contribution in [0.3, 0.4) is 0 Å². The van der Waals surface area contributed by atoms with E-state index in [0.717, 1.165) is 30.5 Å². The predicted octanol–water partition coefficient (Wildman–Crippen LogP) is 3.87. The smallest absolute Gasteiger partial charge is 0.253 e. The van der Waals surface area contributed by atoms with Gasteiger partial charge in [-0.15, -0.1) is 0 Å². The van der Waals surface area contributed by atoms with Crippen molar-refractivity contribution >= 4 is 17.5 Å². The van der Waals surface area contributed by atoms with Gasteiger partial charge in [0.15, 0.2) is 0 Å². The van der Waals surface area contributed by atoms with Crippen molar-refractivity contribution in [1.29, 1.82) is 0 Å². The zero-order chi connectivity index (χ0) is 19.5. The summed E-state index contributed by atoms with van der Waals surface area (Å²) in [5.74, 6) is 1.16. The number of aromatic nitrogens is 2. The zero-order valence-corrected chi connectivity index (χ0v) is 16.1. The van der Waals surface area contributed by atoms with Gasteiger partial charge in [0, 0.05) is 35.8 Å². The molecule has 144 valence electrons. The molecular weight excluding hydrogens is 376 g/mol. The van der Waals surface area contributed by atoms with Gasteiger partial charge in [0.1, 0.15) is 0 Å². The first kappa shape index (κ1) is 18.7. The van der Waals surface area contributed by atoms with E-state index in [0.29, 0.717) is 35.4 Å². The molecule has 28 heavy (non-hydrogen) atoms. The number of nitrogens with zero attached hydrogens (tertiary/aromatic N) is 3. The fourth-order valence-corrected chi connectivity index (χ4v) is 3.57. The van der Waals surface area contributed by atoms with Crippen molar-refractivity contribution in [3.8, 4) is 11.4 Å². The number of carbonyl (C=O) groups excluding carboxylic acids is 1. The normalized spacial score (nSPS) is 16.9. The van der Waals surface area contributed by atoms with Crippen molar-refractivity contribution in [3.05, 3.63) is 70.6 Å². The van der Waals surface area contributed by atoms with Gasteiger partial charge >= 0.3 is 0 Å². The third kappa shape index (κ3) is 3.93. The van der Waals surface area contributed by atoms with Gasteiger partial charge < -0.3 is 15.2 Å². The Bertz CT molecular complexity index is 953. The number of rotatable bonds is 4. The second kappa shape index (κ2) is 8.12. The van der Waals surface area contributed by atoms with E-state index in [-0.39, 0.29) is 11.8 Å². The second-order valence-corrected chi connectivity index (χ2v) is 7.39. The molecule has 2 N–H and O–H groups in total. The van der Waals surface area contributed by atoms with Gasteiger partial charge in [-0.1, -0.05) is 28.9 Å². The van der Waals surface area contributed by atoms with Crippen LogP contribution in [0.1, 0.15) is 40.6 Å². The van der Waals surface area contributed by atoms with E-state index in [1.165, 1.54) is 0 Å². The predicted molar refractivity (Wildman–Crippen MR) is 107 cm³/mol. The van der Waals surface area contributed by atoms with Gasteiger partial charge in [-0.3, -0.25) is 4.79 Å². The average Bonchev–Trinajstić information content (AvgIpc) is 3.24. The molecule has 3 aromatic rings. The maximum absolute atomic E-state index is 12.9. The highest BCUT2D eigenvalue weighted by Gasteiger charge is 2.29. The molecule has 2 heterocycles. The molecule has 0 bridgehead atoms. The first-order valence-corrected chi connectivity index (χ1v) is 9.69. The highest BCUT2D eigenvalue weighted by atomic mass is 35.5. The van der Waals surface area contributed by atoms with Crippen LogP contribution in [0.15, 0.2) is 53.1 Å². The molecule has 1 aliphatic rings. The monoisotopic (exact) mass is 396 g/mol. The van der Waals surface area contributed by atoms with Crippen LogP contribution in [0.5, 0.6) is 0 Å². The highest BCUT2D eigenvalue weighted by Crippen LogP contribution is 2.28.